The number of nitrogens with one attached hydrogen (secondary N) is 1. The van der Waals surface area contributed by atoms with E-state index in [1.54, 1.807) is 6.20 Å². The van der Waals surface area contributed by atoms with Gasteiger partial charge in [-0.15, -0.1) is 0 Å². The Bertz CT molecular complexity index is 936. The molecular weight excluding hydrogens is 338 g/mol. The third-order valence-corrected chi connectivity index (χ3v) is 5.58. The average molecular weight is 363 g/mol. The molecule has 0 radical (unpaired) electrons. The van der Waals surface area contributed by atoms with E-state index in [-0.39, 0.29) is 5.91 Å². The summed E-state index contributed by atoms with van der Waals surface area (Å²) in [5.41, 5.74) is 4.88. The summed E-state index contributed by atoms with van der Waals surface area (Å²) in [6, 6.07) is 14.9. The molecular formula is C21H25N5O. The zero-order valence-corrected chi connectivity index (χ0v) is 15.5. The van der Waals surface area contributed by atoms with Crippen LogP contribution in [0.2, 0.25) is 0 Å². The Morgan fingerprint density at radius 3 is 2.89 bits per heavy atom. The molecule has 2 atom stereocenters. The molecule has 4 rings (SSSR count). The van der Waals surface area contributed by atoms with E-state index in [9.17, 15) is 4.79 Å². The van der Waals surface area contributed by atoms with Gasteiger partial charge < -0.3 is 4.57 Å². The minimum atomic E-state index is -0.368. The standard InChI is InChI=1S/C21H25N5O/c1-15-7-9-25(13-16-5-3-2-4-6-16)14-20(15)26-10-8-17-12-23-18(11-19(17)26)21(27)24-22/h2-6,8,10-12,15,20H,7,9,13-14,22H2,1H3,(H,24,27). The molecule has 1 aromatic carbocycles. The second-order valence-corrected chi connectivity index (χ2v) is 7.38. The Morgan fingerprint density at radius 1 is 1.30 bits per heavy atom. The van der Waals surface area contributed by atoms with Crippen LogP contribution in [0.5, 0.6) is 0 Å². The molecule has 3 N–H and O–H groups in total. The summed E-state index contributed by atoms with van der Waals surface area (Å²) >= 11 is 0. The van der Waals surface area contributed by atoms with Crippen LogP contribution in [0, 0.1) is 5.92 Å². The van der Waals surface area contributed by atoms with Gasteiger partial charge in [-0.2, -0.15) is 0 Å². The van der Waals surface area contributed by atoms with Crippen molar-refractivity contribution in [3.8, 4) is 0 Å². The lowest BCUT2D eigenvalue weighted by atomic mass is 9.92. The highest BCUT2D eigenvalue weighted by atomic mass is 16.2. The number of piperidine rings is 1. The summed E-state index contributed by atoms with van der Waals surface area (Å²) in [5.74, 6) is 5.46. The molecule has 140 valence electrons. The van der Waals surface area contributed by atoms with Crippen molar-refractivity contribution in [1.82, 2.24) is 19.9 Å². The SMILES string of the molecule is CC1CCN(Cc2ccccc2)CC1n1ccc2cnc(C(=O)NN)cc21. The van der Waals surface area contributed by atoms with Crippen molar-refractivity contribution >= 4 is 16.8 Å². The Kier molecular flexibility index (Phi) is 4.92. The summed E-state index contributed by atoms with van der Waals surface area (Å²) in [6.07, 6.45) is 5.01. The van der Waals surface area contributed by atoms with Crippen molar-refractivity contribution in [2.45, 2.75) is 25.9 Å². The third kappa shape index (κ3) is 3.59. The summed E-state index contributed by atoms with van der Waals surface area (Å²) in [6.45, 7) is 5.37. The Hall–Kier alpha value is -2.70. The van der Waals surface area contributed by atoms with Crippen LogP contribution in [-0.2, 0) is 6.54 Å². The number of likely N-dealkylation sites (tertiary alicyclic amines) is 1. The maximum absolute atomic E-state index is 11.9. The fraction of sp³-hybridized carbons (Fsp3) is 0.333. The monoisotopic (exact) mass is 363 g/mol. The molecule has 1 saturated heterocycles. The van der Waals surface area contributed by atoms with Crippen molar-refractivity contribution in [1.29, 1.82) is 0 Å². The smallest absolute Gasteiger partial charge is 0.283 e. The molecule has 0 saturated carbocycles. The van der Waals surface area contributed by atoms with Gasteiger partial charge in [-0.25, -0.2) is 5.84 Å². The predicted molar refractivity (Wildman–Crippen MR) is 106 cm³/mol. The second-order valence-electron chi connectivity index (χ2n) is 7.38. The molecule has 27 heavy (non-hydrogen) atoms. The van der Waals surface area contributed by atoms with Crippen molar-refractivity contribution in [3.05, 3.63) is 66.1 Å². The fourth-order valence-electron chi connectivity index (χ4n) is 4.00. The number of hydrogen-bond acceptors (Lipinski definition) is 4. The van der Waals surface area contributed by atoms with Gasteiger partial charge in [0.1, 0.15) is 5.69 Å². The van der Waals surface area contributed by atoms with Gasteiger partial charge in [-0.1, -0.05) is 37.3 Å². The Morgan fingerprint density at radius 2 is 2.11 bits per heavy atom. The minimum Gasteiger partial charge on any atom is -0.343 e. The first-order valence-corrected chi connectivity index (χ1v) is 9.39. The van der Waals surface area contributed by atoms with Crippen LogP contribution in [0.25, 0.3) is 10.9 Å². The predicted octanol–water partition coefficient (Wildman–Crippen LogP) is 2.72. The summed E-state index contributed by atoms with van der Waals surface area (Å²) in [4.78, 5) is 18.6. The first-order chi connectivity index (χ1) is 13.2. The number of carbonyl (C=O) groups excluding carboxylic acids is 1. The Labute approximate surface area is 159 Å². The number of aromatic nitrogens is 2. The first kappa shape index (κ1) is 17.7. The molecule has 6 nitrogen and oxygen atoms in total. The van der Waals surface area contributed by atoms with Crippen LogP contribution in [0.3, 0.4) is 0 Å². The number of pyridine rings is 1. The molecule has 0 aliphatic carbocycles. The van der Waals surface area contributed by atoms with Crippen molar-refractivity contribution < 1.29 is 4.79 Å². The number of nitrogens with zero attached hydrogens (tertiary/aromatic N) is 3. The highest BCUT2D eigenvalue weighted by Crippen LogP contribution is 2.32. The van der Waals surface area contributed by atoms with E-state index in [0.717, 1.165) is 37.0 Å². The van der Waals surface area contributed by atoms with Gasteiger partial charge in [0.15, 0.2) is 0 Å². The zero-order valence-electron chi connectivity index (χ0n) is 15.5. The number of nitrogens with two attached hydrogens (primary N) is 1. The maximum atomic E-state index is 11.9. The maximum Gasteiger partial charge on any atom is 0.283 e. The number of hydrazine groups is 1. The molecule has 0 spiro atoms. The quantitative estimate of drug-likeness (QED) is 0.425. The van der Waals surface area contributed by atoms with Gasteiger partial charge >= 0.3 is 0 Å². The molecule has 2 unspecified atom stereocenters. The van der Waals surface area contributed by atoms with E-state index in [1.807, 2.05) is 6.07 Å². The van der Waals surface area contributed by atoms with Gasteiger partial charge in [0, 0.05) is 36.9 Å². The zero-order chi connectivity index (χ0) is 18.8. The number of hydrogen-bond donors (Lipinski definition) is 2. The Balaban J connectivity index is 1.61. The number of fused-ring (bicyclic) bond motifs is 1. The minimum absolute atomic E-state index is 0.342. The van der Waals surface area contributed by atoms with Crippen molar-refractivity contribution in [3.63, 3.8) is 0 Å². The van der Waals surface area contributed by atoms with E-state index >= 15 is 0 Å². The van der Waals surface area contributed by atoms with Crippen LogP contribution in [-0.4, -0.2) is 33.4 Å². The summed E-state index contributed by atoms with van der Waals surface area (Å²) < 4.78 is 2.30. The van der Waals surface area contributed by atoms with E-state index in [0.29, 0.717) is 17.7 Å². The van der Waals surface area contributed by atoms with E-state index in [2.05, 4.69) is 69.4 Å². The van der Waals surface area contributed by atoms with Gasteiger partial charge in [0.05, 0.1) is 5.52 Å². The highest BCUT2D eigenvalue weighted by molar-refractivity contribution is 5.95. The van der Waals surface area contributed by atoms with E-state index in [1.165, 1.54) is 5.56 Å². The lowest BCUT2D eigenvalue weighted by molar-refractivity contribution is 0.0948. The second kappa shape index (κ2) is 7.50. The summed E-state index contributed by atoms with van der Waals surface area (Å²) in [5, 5.41) is 1.04. The van der Waals surface area contributed by atoms with Gasteiger partial charge in [0.25, 0.3) is 5.91 Å². The normalized spacial score (nSPS) is 20.7. The van der Waals surface area contributed by atoms with Crippen LogP contribution in [0.4, 0.5) is 0 Å². The molecule has 1 fully saturated rings. The highest BCUT2D eigenvalue weighted by Gasteiger charge is 2.28. The third-order valence-electron chi connectivity index (χ3n) is 5.58. The van der Waals surface area contributed by atoms with E-state index < -0.39 is 0 Å². The van der Waals surface area contributed by atoms with Crippen LogP contribution in [0.15, 0.2) is 54.9 Å². The molecule has 3 aromatic rings. The molecule has 1 aliphatic rings. The van der Waals surface area contributed by atoms with E-state index in [4.69, 9.17) is 5.84 Å². The molecule has 2 aromatic heterocycles. The molecule has 1 amide bonds. The molecule has 1 aliphatic heterocycles. The van der Waals surface area contributed by atoms with Gasteiger partial charge in [-0.3, -0.25) is 20.1 Å². The van der Waals surface area contributed by atoms with Gasteiger partial charge in [0.2, 0.25) is 0 Å². The van der Waals surface area contributed by atoms with Crippen molar-refractivity contribution in [2.24, 2.45) is 11.8 Å². The number of benzene rings is 1. The lowest BCUT2D eigenvalue weighted by Crippen LogP contribution is -2.40. The topological polar surface area (TPSA) is 76.2 Å². The fourth-order valence-corrected chi connectivity index (χ4v) is 4.00. The summed E-state index contributed by atoms with van der Waals surface area (Å²) in [7, 11) is 0. The average Bonchev–Trinajstić information content (AvgIpc) is 3.12. The van der Waals surface area contributed by atoms with Crippen molar-refractivity contribution in [2.75, 3.05) is 13.1 Å². The number of rotatable bonds is 4. The first-order valence-electron chi connectivity index (χ1n) is 9.39. The molecule has 3 heterocycles. The van der Waals surface area contributed by atoms with Crippen LogP contribution in [0.1, 0.15) is 35.4 Å². The lowest BCUT2D eigenvalue weighted by Gasteiger charge is -2.38. The number of amides is 1. The number of carbonyl (C=O) groups is 1. The largest absolute Gasteiger partial charge is 0.343 e. The molecule has 0 bridgehead atoms. The van der Waals surface area contributed by atoms with Gasteiger partial charge in [-0.05, 0) is 36.6 Å². The van der Waals surface area contributed by atoms with Crippen LogP contribution >= 0.6 is 0 Å². The molecule has 6 heteroatoms. The number of nitrogen functional groups attached to an aromatic ring is 1. The van der Waals surface area contributed by atoms with Crippen LogP contribution < -0.4 is 11.3 Å².